The van der Waals surface area contributed by atoms with Crippen molar-refractivity contribution in [1.29, 1.82) is 0 Å². The van der Waals surface area contributed by atoms with Crippen molar-refractivity contribution in [2.45, 2.75) is 13.5 Å². The van der Waals surface area contributed by atoms with Gasteiger partial charge in [-0.1, -0.05) is 41.9 Å². The minimum atomic E-state index is 0.653. The molecular formula is C19H20ClN3O. The zero-order chi connectivity index (χ0) is 16.9. The number of para-hydroxylation sites is 1. The zero-order valence-corrected chi connectivity index (χ0v) is 14.5. The first kappa shape index (κ1) is 16.4. The van der Waals surface area contributed by atoms with Gasteiger partial charge in [-0.3, -0.25) is 0 Å². The van der Waals surface area contributed by atoms with Gasteiger partial charge < -0.3 is 14.6 Å². The van der Waals surface area contributed by atoms with E-state index >= 15 is 0 Å². The van der Waals surface area contributed by atoms with Crippen LogP contribution in [0.15, 0.2) is 54.7 Å². The van der Waals surface area contributed by atoms with Gasteiger partial charge in [0, 0.05) is 24.2 Å². The van der Waals surface area contributed by atoms with Crippen molar-refractivity contribution in [2.24, 2.45) is 7.05 Å². The van der Waals surface area contributed by atoms with Gasteiger partial charge in [0.1, 0.15) is 5.75 Å². The Morgan fingerprint density at radius 3 is 2.62 bits per heavy atom. The Morgan fingerprint density at radius 1 is 1.12 bits per heavy atom. The number of benzene rings is 2. The smallest absolute Gasteiger partial charge is 0.203 e. The third-order valence-corrected chi connectivity index (χ3v) is 4.09. The summed E-state index contributed by atoms with van der Waals surface area (Å²) in [5.74, 6) is 1.71. The summed E-state index contributed by atoms with van der Waals surface area (Å²) >= 11 is 5.96. The molecule has 0 spiro atoms. The monoisotopic (exact) mass is 341 g/mol. The Labute approximate surface area is 147 Å². The fourth-order valence-corrected chi connectivity index (χ4v) is 2.71. The summed E-state index contributed by atoms with van der Waals surface area (Å²) in [4.78, 5) is 4.48. The molecule has 0 radical (unpaired) electrons. The Morgan fingerprint density at radius 2 is 1.88 bits per heavy atom. The first-order valence-corrected chi connectivity index (χ1v) is 8.29. The Kier molecular flexibility index (Phi) is 5.06. The lowest BCUT2D eigenvalue weighted by Crippen LogP contribution is -2.07. The van der Waals surface area contributed by atoms with Crippen molar-refractivity contribution in [2.75, 3.05) is 11.9 Å². The van der Waals surface area contributed by atoms with E-state index in [9.17, 15) is 0 Å². The van der Waals surface area contributed by atoms with Crippen LogP contribution in [0.3, 0.4) is 0 Å². The molecule has 0 saturated heterocycles. The number of aromatic nitrogens is 2. The van der Waals surface area contributed by atoms with Crippen LogP contribution in [0.2, 0.25) is 5.02 Å². The molecule has 0 fully saturated rings. The van der Waals surface area contributed by atoms with Gasteiger partial charge in [0.15, 0.2) is 0 Å². The predicted octanol–water partition coefficient (Wildman–Crippen LogP) is 4.75. The molecule has 2 aromatic carbocycles. The number of rotatable bonds is 6. The largest absolute Gasteiger partial charge is 0.494 e. The van der Waals surface area contributed by atoms with Gasteiger partial charge in [-0.05, 0) is 30.7 Å². The molecule has 3 rings (SSSR count). The fraction of sp³-hybridized carbons (Fsp3) is 0.211. The average molecular weight is 342 g/mol. The number of imidazole rings is 1. The van der Waals surface area contributed by atoms with E-state index in [4.69, 9.17) is 16.3 Å². The summed E-state index contributed by atoms with van der Waals surface area (Å²) in [5.41, 5.74) is 3.22. The summed E-state index contributed by atoms with van der Waals surface area (Å²) < 4.78 is 7.70. The van der Waals surface area contributed by atoms with Gasteiger partial charge in [-0.15, -0.1) is 0 Å². The molecule has 5 heteroatoms. The van der Waals surface area contributed by atoms with Crippen LogP contribution < -0.4 is 10.1 Å². The third kappa shape index (κ3) is 3.54. The van der Waals surface area contributed by atoms with E-state index in [1.54, 1.807) is 0 Å². The highest BCUT2D eigenvalue weighted by molar-refractivity contribution is 6.30. The molecule has 0 unspecified atom stereocenters. The lowest BCUT2D eigenvalue weighted by molar-refractivity contribution is 0.337. The summed E-state index contributed by atoms with van der Waals surface area (Å²) in [6.45, 7) is 3.29. The molecular weight excluding hydrogens is 322 g/mol. The van der Waals surface area contributed by atoms with Crippen molar-refractivity contribution in [3.05, 3.63) is 65.3 Å². The van der Waals surface area contributed by atoms with Gasteiger partial charge in [0.2, 0.25) is 5.95 Å². The second-order valence-electron chi connectivity index (χ2n) is 5.43. The molecule has 3 aromatic rings. The molecule has 0 aliphatic carbocycles. The molecule has 1 N–H and O–H groups in total. The number of anilines is 1. The van der Waals surface area contributed by atoms with Gasteiger partial charge in [-0.25, -0.2) is 4.98 Å². The number of hydrogen-bond donors (Lipinski definition) is 1. The van der Waals surface area contributed by atoms with Crippen LogP contribution in [-0.2, 0) is 13.6 Å². The molecule has 124 valence electrons. The van der Waals surface area contributed by atoms with Gasteiger partial charge in [0.05, 0.1) is 18.5 Å². The Hall–Kier alpha value is -2.46. The lowest BCUT2D eigenvalue weighted by atomic mass is 10.2. The van der Waals surface area contributed by atoms with E-state index in [0.717, 1.165) is 33.5 Å². The average Bonchev–Trinajstić information content (AvgIpc) is 2.96. The van der Waals surface area contributed by atoms with E-state index in [1.165, 1.54) is 0 Å². The van der Waals surface area contributed by atoms with Gasteiger partial charge >= 0.3 is 0 Å². The van der Waals surface area contributed by atoms with Crippen LogP contribution in [0, 0.1) is 0 Å². The Balaban J connectivity index is 1.76. The molecule has 0 aliphatic heterocycles. The molecule has 4 nitrogen and oxygen atoms in total. The van der Waals surface area contributed by atoms with Crippen molar-refractivity contribution >= 4 is 17.5 Å². The van der Waals surface area contributed by atoms with E-state index in [2.05, 4.69) is 16.4 Å². The number of nitrogens with zero attached hydrogens (tertiary/aromatic N) is 2. The SMILES string of the molecule is CCOc1ccccc1CNc1ncc(-c2ccc(Cl)cc2)n1C. The summed E-state index contributed by atoms with van der Waals surface area (Å²) in [7, 11) is 1.99. The summed E-state index contributed by atoms with van der Waals surface area (Å²) in [6.07, 6.45) is 1.86. The van der Waals surface area contributed by atoms with E-state index in [-0.39, 0.29) is 0 Å². The van der Waals surface area contributed by atoms with Crippen molar-refractivity contribution < 1.29 is 4.74 Å². The highest BCUT2D eigenvalue weighted by Gasteiger charge is 2.09. The highest BCUT2D eigenvalue weighted by atomic mass is 35.5. The lowest BCUT2D eigenvalue weighted by Gasteiger charge is -2.12. The van der Waals surface area contributed by atoms with Crippen LogP contribution >= 0.6 is 11.6 Å². The molecule has 1 aromatic heterocycles. The normalized spacial score (nSPS) is 10.6. The third-order valence-electron chi connectivity index (χ3n) is 3.84. The zero-order valence-electron chi connectivity index (χ0n) is 13.8. The topological polar surface area (TPSA) is 39.1 Å². The van der Waals surface area contributed by atoms with E-state index < -0.39 is 0 Å². The maximum absolute atomic E-state index is 5.96. The van der Waals surface area contributed by atoms with Gasteiger partial charge in [-0.2, -0.15) is 0 Å². The molecule has 0 atom stereocenters. The molecule has 0 saturated carbocycles. The predicted molar refractivity (Wildman–Crippen MR) is 98.6 cm³/mol. The number of hydrogen-bond acceptors (Lipinski definition) is 3. The highest BCUT2D eigenvalue weighted by Crippen LogP contribution is 2.24. The standard InChI is InChI=1S/C19H20ClN3O/c1-3-24-18-7-5-4-6-15(18)12-21-19-22-13-17(23(19)2)14-8-10-16(20)11-9-14/h4-11,13H,3,12H2,1-2H3,(H,21,22). The second kappa shape index (κ2) is 7.41. The number of halogens is 1. The van der Waals surface area contributed by atoms with Crippen LogP contribution in [0.1, 0.15) is 12.5 Å². The molecule has 0 aliphatic rings. The van der Waals surface area contributed by atoms with Crippen LogP contribution in [0.25, 0.3) is 11.3 Å². The van der Waals surface area contributed by atoms with Crippen LogP contribution in [-0.4, -0.2) is 16.2 Å². The number of nitrogens with one attached hydrogen (secondary N) is 1. The van der Waals surface area contributed by atoms with Crippen LogP contribution in [0.4, 0.5) is 5.95 Å². The molecule has 24 heavy (non-hydrogen) atoms. The maximum atomic E-state index is 5.96. The fourth-order valence-electron chi connectivity index (χ4n) is 2.58. The minimum absolute atomic E-state index is 0.653. The molecule has 0 amide bonds. The number of ether oxygens (including phenoxy) is 1. The summed E-state index contributed by atoms with van der Waals surface area (Å²) in [5, 5.41) is 4.10. The van der Waals surface area contributed by atoms with E-state index in [1.807, 2.05) is 67.2 Å². The summed E-state index contributed by atoms with van der Waals surface area (Å²) in [6, 6.07) is 15.8. The minimum Gasteiger partial charge on any atom is -0.494 e. The molecule has 1 heterocycles. The van der Waals surface area contributed by atoms with Crippen molar-refractivity contribution in [3.8, 4) is 17.0 Å². The van der Waals surface area contributed by atoms with E-state index in [0.29, 0.717) is 13.2 Å². The van der Waals surface area contributed by atoms with Crippen molar-refractivity contribution in [1.82, 2.24) is 9.55 Å². The quantitative estimate of drug-likeness (QED) is 0.703. The van der Waals surface area contributed by atoms with Gasteiger partial charge in [0.25, 0.3) is 0 Å². The first-order valence-electron chi connectivity index (χ1n) is 7.91. The maximum Gasteiger partial charge on any atom is 0.203 e. The second-order valence-corrected chi connectivity index (χ2v) is 5.86. The first-order chi connectivity index (χ1) is 11.7. The van der Waals surface area contributed by atoms with Crippen LogP contribution in [0.5, 0.6) is 5.75 Å². The molecule has 0 bridgehead atoms. The van der Waals surface area contributed by atoms with Crippen molar-refractivity contribution in [3.63, 3.8) is 0 Å². The Bertz CT molecular complexity index is 812.